The van der Waals surface area contributed by atoms with E-state index in [1.165, 1.54) is 0 Å². The normalized spacial score (nSPS) is 10.9. The van der Waals surface area contributed by atoms with E-state index in [2.05, 4.69) is 9.97 Å². The third-order valence-electron chi connectivity index (χ3n) is 2.55. The molecule has 4 heteroatoms. The molecule has 16 heavy (non-hydrogen) atoms. The van der Waals surface area contributed by atoms with Crippen LogP contribution in [0.1, 0.15) is 17.9 Å². The van der Waals surface area contributed by atoms with Crippen LogP contribution in [0.2, 0.25) is 0 Å². The maximum absolute atomic E-state index is 9.73. The summed E-state index contributed by atoms with van der Waals surface area (Å²) in [5, 5.41) is 10.6. The minimum Gasteiger partial charge on any atom is -0.506 e. The zero-order valence-electron chi connectivity index (χ0n) is 9.27. The predicted octanol–water partition coefficient (Wildman–Crippen LogP) is 1.54. The molecule has 2 rings (SSSR count). The van der Waals surface area contributed by atoms with Gasteiger partial charge in [0.05, 0.1) is 0 Å². The largest absolute Gasteiger partial charge is 0.506 e. The van der Waals surface area contributed by atoms with Crippen LogP contribution >= 0.6 is 0 Å². The van der Waals surface area contributed by atoms with Crippen molar-refractivity contribution in [2.75, 3.05) is 6.54 Å². The number of benzene rings is 1. The maximum atomic E-state index is 9.73. The second-order valence-corrected chi connectivity index (χ2v) is 3.79. The number of phenolic OH excluding ortho intramolecular Hbond substituents is 1. The van der Waals surface area contributed by atoms with Crippen LogP contribution in [0.5, 0.6) is 5.75 Å². The van der Waals surface area contributed by atoms with Gasteiger partial charge in [0.2, 0.25) is 0 Å². The highest BCUT2D eigenvalue weighted by Crippen LogP contribution is 2.24. The number of hydrogen-bond donors (Lipinski definition) is 2. The lowest BCUT2D eigenvalue weighted by molar-refractivity contribution is 0.480. The Morgan fingerprint density at radius 3 is 2.88 bits per heavy atom. The van der Waals surface area contributed by atoms with E-state index in [0.29, 0.717) is 12.1 Å². The summed E-state index contributed by atoms with van der Waals surface area (Å²) in [5.41, 5.74) is 6.98. The highest BCUT2D eigenvalue weighted by Gasteiger charge is 2.07. The highest BCUT2D eigenvalue weighted by molar-refractivity contribution is 5.85. The third kappa shape index (κ3) is 1.97. The van der Waals surface area contributed by atoms with E-state index in [-0.39, 0.29) is 5.75 Å². The molecule has 4 nitrogen and oxygen atoms in total. The van der Waals surface area contributed by atoms with Crippen molar-refractivity contribution in [2.24, 2.45) is 5.73 Å². The number of para-hydroxylation sites is 1. The van der Waals surface area contributed by atoms with E-state index in [1.54, 1.807) is 12.1 Å². The zero-order valence-corrected chi connectivity index (χ0v) is 9.27. The molecule has 0 amide bonds. The minimum atomic E-state index is 0.206. The van der Waals surface area contributed by atoms with Gasteiger partial charge >= 0.3 is 0 Å². The van der Waals surface area contributed by atoms with Crippen molar-refractivity contribution in [3.05, 3.63) is 29.7 Å². The number of nitrogens with two attached hydrogens (primary N) is 1. The van der Waals surface area contributed by atoms with Crippen LogP contribution < -0.4 is 5.73 Å². The van der Waals surface area contributed by atoms with Gasteiger partial charge in [0.25, 0.3) is 0 Å². The van der Waals surface area contributed by atoms with Crippen molar-refractivity contribution in [3.8, 4) is 5.75 Å². The first-order chi connectivity index (χ1) is 7.72. The lowest BCUT2D eigenvalue weighted by Crippen LogP contribution is -2.04. The maximum Gasteiger partial charge on any atom is 0.141 e. The number of aryl methyl sites for hydroxylation is 2. The molecule has 2 aromatic rings. The fourth-order valence-corrected chi connectivity index (χ4v) is 1.72. The van der Waals surface area contributed by atoms with Crippen LogP contribution in [0.4, 0.5) is 0 Å². The molecule has 0 radical (unpaired) electrons. The Hall–Kier alpha value is -1.68. The number of fused-ring (bicyclic) bond motifs is 1. The number of hydrogen-bond acceptors (Lipinski definition) is 4. The molecule has 0 fully saturated rings. The number of nitrogens with zero attached hydrogens (tertiary/aromatic N) is 2. The number of aromatic hydroxyl groups is 1. The molecule has 3 N–H and O–H groups in total. The van der Waals surface area contributed by atoms with Gasteiger partial charge in [-0.1, -0.05) is 12.1 Å². The van der Waals surface area contributed by atoms with E-state index < -0.39 is 0 Å². The van der Waals surface area contributed by atoms with Gasteiger partial charge < -0.3 is 10.8 Å². The van der Waals surface area contributed by atoms with Crippen molar-refractivity contribution in [3.63, 3.8) is 0 Å². The first-order valence-corrected chi connectivity index (χ1v) is 5.37. The summed E-state index contributed by atoms with van der Waals surface area (Å²) in [6.07, 6.45) is 1.61. The van der Waals surface area contributed by atoms with Gasteiger partial charge in [0.15, 0.2) is 0 Å². The lowest BCUT2D eigenvalue weighted by atomic mass is 10.1. The molecule has 0 aliphatic carbocycles. The topological polar surface area (TPSA) is 72.0 Å². The molecule has 84 valence electrons. The van der Waals surface area contributed by atoms with Crippen LogP contribution in [0, 0.1) is 6.92 Å². The van der Waals surface area contributed by atoms with E-state index in [4.69, 9.17) is 5.73 Å². The van der Waals surface area contributed by atoms with Crippen LogP contribution in [0.25, 0.3) is 10.9 Å². The monoisotopic (exact) mass is 217 g/mol. The standard InChI is InChI=1S/C12H15N3O/c1-8-9-4-2-5-10(16)12(9)15-11(14-8)6-3-7-13/h2,4-5,16H,3,6-7,13H2,1H3. The summed E-state index contributed by atoms with van der Waals surface area (Å²) in [6.45, 7) is 2.55. The Balaban J connectivity index is 2.52. The molecular weight excluding hydrogens is 202 g/mol. The average molecular weight is 217 g/mol. The highest BCUT2D eigenvalue weighted by atomic mass is 16.3. The molecular formula is C12H15N3O. The Morgan fingerprint density at radius 1 is 1.31 bits per heavy atom. The summed E-state index contributed by atoms with van der Waals surface area (Å²) in [4.78, 5) is 8.76. The van der Waals surface area contributed by atoms with Crippen LogP contribution in [-0.2, 0) is 6.42 Å². The zero-order chi connectivity index (χ0) is 11.5. The molecule has 0 atom stereocenters. The third-order valence-corrected chi connectivity index (χ3v) is 2.55. The van der Waals surface area contributed by atoms with Gasteiger partial charge in [0, 0.05) is 17.5 Å². The SMILES string of the molecule is Cc1nc(CCCN)nc2c(O)cccc12. The lowest BCUT2D eigenvalue weighted by Gasteiger charge is -2.06. The fourth-order valence-electron chi connectivity index (χ4n) is 1.72. The molecule has 0 aliphatic rings. The van der Waals surface area contributed by atoms with E-state index in [0.717, 1.165) is 29.7 Å². The first kappa shape index (κ1) is 10.8. The van der Waals surface area contributed by atoms with Crippen LogP contribution in [0.15, 0.2) is 18.2 Å². The van der Waals surface area contributed by atoms with Crippen molar-refractivity contribution in [1.29, 1.82) is 0 Å². The van der Waals surface area contributed by atoms with E-state index in [9.17, 15) is 5.11 Å². The number of phenols is 1. The average Bonchev–Trinajstić information content (AvgIpc) is 2.28. The predicted molar refractivity (Wildman–Crippen MR) is 63.3 cm³/mol. The summed E-state index contributed by atoms with van der Waals surface area (Å²) >= 11 is 0. The van der Waals surface area contributed by atoms with Gasteiger partial charge in [-0.3, -0.25) is 0 Å². The number of rotatable bonds is 3. The van der Waals surface area contributed by atoms with Crippen LogP contribution in [-0.4, -0.2) is 21.6 Å². The Bertz CT molecular complexity index is 511. The minimum absolute atomic E-state index is 0.206. The number of aromatic nitrogens is 2. The summed E-state index contributed by atoms with van der Waals surface area (Å²) < 4.78 is 0. The molecule has 0 saturated heterocycles. The van der Waals surface area contributed by atoms with Gasteiger partial charge in [0.1, 0.15) is 17.1 Å². The molecule has 0 aliphatic heterocycles. The fraction of sp³-hybridized carbons (Fsp3) is 0.333. The van der Waals surface area contributed by atoms with Crippen LogP contribution in [0.3, 0.4) is 0 Å². The van der Waals surface area contributed by atoms with Crippen molar-refractivity contribution in [2.45, 2.75) is 19.8 Å². The Labute approximate surface area is 94.1 Å². The molecule has 0 spiro atoms. The first-order valence-electron chi connectivity index (χ1n) is 5.37. The molecule has 0 saturated carbocycles. The van der Waals surface area contributed by atoms with Gasteiger partial charge in [-0.25, -0.2) is 9.97 Å². The molecule has 1 aromatic carbocycles. The van der Waals surface area contributed by atoms with Gasteiger partial charge in [-0.2, -0.15) is 0 Å². The summed E-state index contributed by atoms with van der Waals surface area (Å²) in [6, 6.07) is 5.35. The molecule has 0 bridgehead atoms. The molecule has 1 aromatic heterocycles. The van der Waals surface area contributed by atoms with Crippen molar-refractivity contribution in [1.82, 2.24) is 9.97 Å². The van der Waals surface area contributed by atoms with Crippen molar-refractivity contribution >= 4 is 10.9 Å². The smallest absolute Gasteiger partial charge is 0.141 e. The Kier molecular flexibility index (Phi) is 3.01. The van der Waals surface area contributed by atoms with E-state index >= 15 is 0 Å². The quantitative estimate of drug-likeness (QED) is 0.818. The van der Waals surface area contributed by atoms with Gasteiger partial charge in [-0.05, 0) is 26.0 Å². The van der Waals surface area contributed by atoms with Gasteiger partial charge in [-0.15, -0.1) is 0 Å². The van der Waals surface area contributed by atoms with Crippen molar-refractivity contribution < 1.29 is 5.11 Å². The summed E-state index contributed by atoms with van der Waals surface area (Å²) in [5.74, 6) is 0.953. The molecule has 1 heterocycles. The second kappa shape index (κ2) is 4.45. The Morgan fingerprint density at radius 2 is 2.12 bits per heavy atom. The second-order valence-electron chi connectivity index (χ2n) is 3.79. The summed E-state index contributed by atoms with van der Waals surface area (Å²) in [7, 11) is 0. The van der Waals surface area contributed by atoms with E-state index in [1.807, 2.05) is 13.0 Å². The molecule has 0 unspecified atom stereocenters.